The molecule has 0 bridgehead atoms. The smallest absolute Gasteiger partial charge is 0.325 e. The van der Waals surface area contributed by atoms with Gasteiger partial charge in [0.2, 0.25) is 0 Å². The van der Waals surface area contributed by atoms with Crippen LogP contribution >= 0.6 is 0 Å². The van der Waals surface area contributed by atoms with Gasteiger partial charge in [0.15, 0.2) is 0 Å². The van der Waals surface area contributed by atoms with Crippen molar-refractivity contribution in [3.63, 3.8) is 0 Å². The van der Waals surface area contributed by atoms with E-state index in [1.54, 1.807) is 17.8 Å². The molecule has 2 unspecified atom stereocenters. The summed E-state index contributed by atoms with van der Waals surface area (Å²) in [5.74, 6) is -0.229. The van der Waals surface area contributed by atoms with Crippen LogP contribution < -0.4 is 5.32 Å². The van der Waals surface area contributed by atoms with E-state index >= 15 is 0 Å². The Hall–Kier alpha value is -1.36. The number of carbonyl (C=O) groups excluding carboxylic acids is 1. The highest BCUT2D eigenvalue weighted by Crippen LogP contribution is 2.11. The molecule has 1 rings (SSSR count). The molecule has 1 N–H and O–H groups in total. The van der Waals surface area contributed by atoms with Gasteiger partial charge in [-0.25, -0.2) is 0 Å². The lowest BCUT2D eigenvalue weighted by Crippen LogP contribution is -2.44. The minimum atomic E-state index is -0.357. The molecule has 0 radical (unpaired) electrons. The van der Waals surface area contributed by atoms with Crippen molar-refractivity contribution in [2.24, 2.45) is 0 Å². The molecular weight excluding hydrogens is 206 g/mol. The second-order valence-electron chi connectivity index (χ2n) is 3.51. The minimum Gasteiger partial charge on any atom is -0.465 e. The molecule has 1 heterocycles. The third-order valence-corrected chi connectivity index (χ3v) is 2.39. The zero-order valence-corrected chi connectivity index (χ0v) is 10.0. The van der Waals surface area contributed by atoms with Gasteiger partial charge in [0, 0.05) is 12.4 Å². The third-order valence-electron chi connectivity index (χ3n) is 2.39. The van der Waals surface area contributed by atoms with Gasteiger partial charge in [-0.1, -0.05) is 6.92 Å². The molecule has 1 aromatic heterocycles. The van der Waals surface area contributed by atoms with Crippen LogP contribution in [0.15, 0.2) is 18.5 Å². The number of rotatable bonds is 6. The van der Waals surface area contributed by atoms with Crippen LogP contribution in [0.2, 0.25) is 0 Å². The van der Waals surface area contributed by atoms with E-state index in [4.69, 9.17) is 4.74 Å². The van der Waals surface area contributed by atoms with Gasteiger partial charge in [0.1, 0.15) is 6.04 Å². The average molecular weight is 225 g/mol. The van der Waals surface area contributed by atoms with E-state index < -0.39 is 0 Å². The third kappa shape index (κ3) is 3.06. The SMILES string of the molecule is CCNC(C(=O)OCC)C(C)n1cccn1. The van der Waals surface area contributed by atoms with Crippen molar-refractivity contribution >= 4 is 5.97 Å². The highest BCUT2D eigenvalue weighted by Gasteiger charge is 2.26. The number of ether oxygens (including phenoxy) is 1. The number of hydrogen-bond acceptors (Lipinski definition) is 4. The van der Waals surface area contributed by atoms with Gasteiger partial charge >= 0.3 is 5.97 Å². The lowest BCUT2D eigenvalue weighted by molar-refractivity contribution is -0.146. The minimum absolute atomic E-state index is 0.0611. The van der Waals surface area contributed by atoms with Crippen LogP contribution in [0.4, 0.5) is 0 Å². The molecular formula is C11H19N3O2. The van der Waals surface area contributed by atoms with E-state index in [-0.39, 0.29) is 18.1 Å². The molecule has 2 atom stereocenters. The Balaban J connectivity index is 2.72. The number of nitrogens with one attached hydrogen (secondary N) is 1. The zero-order valence-electron chi connectivity index (χ0n) is 10.0. The summed E-state index contributed by atoms with van der Waals surface area (Å²) in [5, 5.41) is 7.25. The summed E-state index contributed by atoms with van der Waals surface area (Å²) in [7, 11) is 0. The quantitative estimate of drug-likeness (QED) is 0.733. The summed E-state index contributed by atoms with van der Waals surface area (Å²) in [5.41, 5.74) is 0. The molecule has 0 aliphatic heterocycles. The second-order valence-corrected chi connectivity index (χ2v) is 3.51. The maximum atomic E-state index is 11.7. The van der Waals surface area contributed by atoms with Crippen molar-refractivity contribution in [2.45, 2.75) is 32.9 Å². The van der Waals surface area contributed by atoms with Crippen molar-refractivity contribution < 1.29 is 9.53 Å². The van der Waals surface area contributed by atoms with Crippen molar-refractivity contribution in [1.29, 1.82) is 0 Å². The van der Waals surface area contributed by atoms with Crippen molar-refractivity contribution in [3.8, 4) is 0 Å². The summed E-state index contributed by atoms with van der Waals surface area (Å²) < 4.78 is 6.79. The van der Waals surface area contributed by atoms with E-state index in [9.17, 15) is 4.79 Å². The molecule has 5 heteroatoms. The van der Waals surface area contributed by atoms with Gasteiger partial charge in [0.05, 0.1) is 12.6 Å². The van der Waals surface area contributed by atoms with E-state index in [1.807, 2.05) is 26.1 Å². The molecule has 0 saturated heterocycles. The van der Waals surface area contributed by atoms with E-state index in [0.717, 1.165) is 6.54 Å². The fraction of sp³-hybridized carbons (Fsp3) is 0.636. The molecule has 90 valence electrons. The van der Waals surface area contributed by atoms with Crippen LogP contribution in [0.5, 0.6) is 0 Å². The Morgan fingerprint density at radius 3 is 2.81 bits per heavy atom. The summed E-state index contributed by atoms with van der Waals surface area (Å²) in [4.78, 5) is 11.7. The number of nitrogens with zero attached hydrogens (tertiary/aromatic N) is 2. The van der Waals surface area contributed by atoms with Gasteiger partial charge in [-0.2, -0.15) is 5.10 Å². The highest BCUT2D eigenvalue weighted by atomic mass is 16.5. The Bertz CT molecular complexity index is 311. The van der Waals surface area contributed by atoms with Gasteiger partial charge in [-0.05, 0) is 26.5 Å². The molecule has 1 aromatic rings. The first-order valence-corrected chi connectivity index (χ1v) is 5.59. The first-order chi connectivity index (χ1) is 7.70. The number of likely N-dealkylation sites (N-methyl/N-ethyl adjacent to an activating group) is 1. The molecule has 0 amide bonds. The summed E-state index contributed by atoms with van der Waals surface area (Å²) in [6, 6.07) is 1.42. The van der Waals surface area contributed by atoms with Gasteiger partial charge in [-0.3, -0.25) is 9.48 Å². The standard InChI is InChI=1S/C11H19N3O2/c1-4-12-10(11(15)16-5-2)9(3)14-8-6-7-13-14/h6-10,12H,4-5H2,1-3H3. The van der Waals surface area contributed by atoms with E-state index in [1.165, 1.54) is 0 Å². The fourth-order valence-corrected chi connectivity index (χ4v) is 1.58. The maximum absolute atomic E-state index is 11.7. The Kier molecular flexibility index (Phi) is 4.98. The highest BCUT2D eigenvalue weighted by molar-refractivity contribution is 5.76. The number of aromatic nitrogens is 2. The van der Waals surface area contributed by atoms with Crippen LogP contribution in [-0.2, 0) is 9.53 Å². The van der Waals surface area contributed by atoms with Crippen LogP contribution in [-0.4, -0.2) is 34.9 Å². The molecule has 0 aromatic carbocycles. The Morgan fingerprint density at radius 1 is 1.56 bits per heavy atom. The van der Waals surface area contributed by atoms with E-state index in [2.05, 4.69) is 10.4 Å². The fourth-order valence-electron chi connectivity index (χ4n) is 1.58. The van der Waals surface area contributed by atoms with Gasteiger partial charge in [0.25, 0.3) is 0 Å². The first kappa shape index (κ1) is 12.7. The van der Waals surface area contributed by atoms with Crippen LogP contribution in [0, 0.1) is 0 Å². The summed E-state index contributed by atoms with van der Waals surface area (Å²) in [6.07, 6.45) is 3.54. The van der Waals surface area contributed by atoms with E-state index in [0.29, 0.717) is 6.61 Å². The Labute approximate surface area is 95.8 Å². The Morgan fingerprint density at radius 2 is 2.31 bits per heavy atom. The summed E-state index contributed by atoms with van der Waals surface area (Å²) in [6.45, 7) is 6.82. The molecule has 16 heavy (non-hydrogen) atoms. The van der Waals surface area contributed by atoms with Crippen molar-refractivity contribution in [1.82, 2.24) is 15.1 Å². The zero-order chi connectivity index (χ0) is 12.0. The lowest BCUT2D eigenvalue weighted by Gasteiger charge is -2.23. The summed E-state index contributed by atoms with van der Waals surface area (Å²) >= 11 is 0. The molecule has 5 nitrogen and oxygen atoms in total. The monoisotopic (exact) mass is 225 g/mol. The van der Waals surface area contributed by atoms with Crippen molar-refractivity contribution in [2.75, 3.05) is 13.2 Å². The second kappa shape index (κ2) is 6.27. The first-order valence-electron chi connectivity index (χ1n) is 5.59. The topological polar surface area (TPSA) is 56.1 Å². The van der Waals surface area contributed by atoms with Crippen molar-refractivity contribution in [3.05, 3.63) is 18.5 Å². The molecule has 0 fully saturated rings. The molecule has 0 aliphatic carbocycles. The molecule has 0 saturated carbocycles. The lowest BCUT2D eigenvalue weighted by atomic mass is 10.1. The predicted octanol–water partition coefficient (Wildman–Crippen LogP) is 0.985. The van der Waals surface area contributed by atoms with Gasteiger partial charge < -0.3 is 10.1 Å². The number of hydrogen-bond donors (Lipinski definition) is 1. The normalized spacial score (nSPS) is 14.4. The van der Waals surface area contributed by atoms with Gasteiger partial charge in [-0.15, -0.1) is 0 Å². The van der Waals surface area contributed by atoms with Crippen LogP contribution in [0.3, 0.4) is 0 Å². The average Bonchev–Trinajstić information content (AvgIpc) is 2.78. The largest absolute Gasteiger partial charge is 0.465 e. The number of esters is 1. The van der Waals surface area contributed by atoms with Crippen LogP contribution in [0.1, 0.15) is 26.8 Å². The maximum Gasteiger partial charge on any atom is 0.325 e. The van der Waals surface area contributed by atoms with Crippen LogP contribution in [0.25, 0.3) is 0 Å². The molecule has 0 spiro atoms. The predicted molar refractivity (Wildman–Crippen MR) is 61.0 cm³/mol. The number of carbonyl (C=O) groups is 1. The molecule has 0 aliphatic rings.